The van der Waals surface area contributed by atoms with Crippen LogP contribution in [0.15, 0.2) is 53.2 Å². The number of nitrogens with one attached hydrogen (secondary N) is 1. The largest absolute Gasteiger partial charge is 0.493 e. The fourth-order valence-corrected chi connectivity index (χ4v) is 2.18. The van der Waals surface area contributed by atoms with Crippen molar-refractivity contribution in [2.24, 2.45) is 0 Å². The van der Waals surface area contributed by atoms with Gasteiger partial charge in [0.05, 0.1) is 12.2 Å². The summed E-state index contributed by atoms with van der Waals surface area (Å²) in [6.07, 6.45) is 0. The minimum Gasteiger partial charge on any atom is -0.493 e. The molecule has 24 heavy (non-hydrogen) atoms. The molecule has 0 radical (unpaired) electrons. The fraction of sp³-hybridized carbons (Fsp3) is 0.118. The van der Waals surface area contributed by atoms with E-state index in [1.807, 2.05) is 6.92 Å². The van der Waals surface area contributed by atoms with Gasteiger partial charge in [0.2, 0.25) is 5.82 Å². The van der Waals surface area contributed by atoms with Crippen LogP contribution in [0.25, 0.3) is 11.3 Å². The first-order valence-corrected chi connectivity index (χ1v) is 7.30. The summed E-state index contributed by atoms with van der Waals surface area (Å²) >= 11 is 0. The predicted molar refractivity (Wildman–Crippen MR) is 85.3 cm³/mol. The van der Waals surface area contributed by atoms with Crippen molar-refractivity contribution in [2.45, 2.75) is 6.92 Å². The summed E-state index contributed by atoms with van der Waals surface area (Å²) in [5.41, 5.74) is 1.26. The molecule has 0 atom stereocenters. The Labute approximate surface area is 137 Å². The van der Waals surface area contributed by atoms with Crippen LogP contribution < -0.4 is 10.1 Å². The second-order valence-electron chi connectivity index (χ2n) is 4.85. The average molecular weight is 327 g/mol. The highest BCUT2D eigenvalue weighted by molar-refractivity contribution is 6.06. The molecule has 0 aliphatic heterocycles. The molecule has 1 aromatic heterocycles. The molecule has 0 fully saturated rings. The van der Waals surface area contributed by atoms with Crippen LogP contribution in [-0.2, 0) is 0 Å². The van der Waals surface area contributed by atoms with Crippen molar-refractivity contribution >= 4 is 11.7 Å². The zero-order chi connectivity index (χ0) is 16.9. The van der Waals surface area contributed by atoms with Gasteiger partial charge < -0.3 is 10.1 Å². The van der Waals surface area contributed by atoms with Gasteiger partial charge in [-0.1, -0.05) is 12.1 Å². The van der Waals surface area contributed by atoms with Gasteiger partial charge in [0, 0.05) is 5.56 Å². The molecule has 3 aromatic rings. The lowest BCUT2D eigenvalue weighted by Gasteiger charge is -2.09. The molecule has 0 unspecified atom stereocenters. The van der Waals surface area contributed by atoms with Crippen molar-refractivity contribution in [3.05, 3.63) is 59.9 Å². The van der Waals surface area contributed by atoms with Crippen LogP contribution in [0.2, 0.25) is 0 Å². The highest BCUT2D eigenvalue weighted by atomic mass is 19.1. The van der Waals surface area contributed by atoms with E-state index < -0.39 is 5.91 Å². The summed E-state index contributed by atoms with van der Waals surface area (Å²) in [7, 11) is 0. The quantitative estimate of drug-likeness (QED) is 0.776. The number of halogens is 1. The molecule has 1 N–H and O–H groups in total. The van der Waals surface area contributed by atoms with Gasteiger partial charge in [0.15, 0.2) is 5.69 Å². The molecular formula is C17H14FN3O3. The number of aromatic nitrogens is 2. The van der Waals surface area contributed by atoms with E-state index in [1.54, 1.807) is 24.3 Å². The maximum Gasteiger partial charge on any atom is 0.260 e. The van der Waals surface area contributed by atoms with E-state index in [4.69, 9.17) is 9.37 Å². The molecule has 0 saturated heterocycles. The topological polar surface area (TPSA) is 77.2 Å². The standard InChI is InChI=1S/C17H14FN3O3/c1-2-23-14-6-4-3-5-13(14)17(22)19-16-15(20-24-21-16)11-7-9-12(18)10-8-11/h3-10H,2H2,1H3,(H,19,21,22). The van der Waals surface area contributed by atoms with Crippen LogP contribution in [0.3, 0.4) is 0 Å². The maximum absolute atomic E-state index is 13.0. The van der Waals surface area contributed by atoms with E-state index in [0.717, 1.165) is 0 Å². The van der Waals surface area contributed by atoms with Gasteiger partial charge in [-0.3, -0.25) is 4.79 Å². The summed E-state index contributed by atoms with van der Waals surface area (Å²) < 4.78 is 23.2. The normalized spacial score (nSPS) is 10.4. The minimum atomic E-state index is -0.405. The van der Waals surface area contributed by atoms with E-state index in [-0.39, 0.29) is 11.6 Å². The summed E-state index contributed by atoms with van der Waals surface area (Å²) in [6.45, 7) is 2.28. The summed E-state index contributed by atoms with van der Waals surface area (Å²) in [6, 6.07) is 12.5. The van der Waals surface area contributed by atoms with Gasteiger partial charge in [-0.05, 0) is 53.6 Å². The molecule has 1 amide bonds. The van der Waals surface area contributed by atoms with Gasteiger partial charge in [-0.2, -0.15) is 0 Å². The lowest BCUT2D eigenvalue weighted by atomic mass is 10.1. The highest BCUT2D eigenvalue weighted by Crippen LogP contribution is 2.26. The first-order chi connectivity index (χ1) is 11.7. The first kappa shape index (κ1) is 15.7. The summed E-state index contributed by atoms with van der Waals surface area (Å²) in [5, 5.41) is 10.1. The Hall–Kier alpha value is -3.22. The van der Waals surface area contributed by atoms with Gasteiger partial charge in [0.1, 0.15) is 11.6 Å². The number of rotatable bonds is 5. The van der Waals surface area contributed by atoms with E-state index in [1.165, 1.54) is 24.3 Å². The Bertz CT molecular complexity index is 846. The maximum atomic E-state index is 13.0. The molecule has 0 saturated carbocycles. The number of amides is 1. The minimum absolute atomic E-state index is 0.151. The molecule has 0 spiro atoms. The van der Waals surface area contributed by atoms with Crippen LogP contribution in [-0.4, -0.2) is 22.8 Å². The monoisotopic (exact) mass is 327 g/mol. The number of anilines is 1. The van der Waals surface area contributed by atoms with Gasteiger partial charge in [-0.15, -0.1) is 0 Å². The first-order valence-electron chi connectivity index (χ1n) is 7.30. The van der Waals surface area contributed by atoms with E-state index in [0.29, 0.717) is 29.2 Å². The fourth-order valence-electron chi connectivity index (χ4n) is 2.18. The molecule has 0 aliphatic rings. The number of carbonyl (C=O) groups excluding carboxylic acids is 1. The zero-order valence-electron chi connectivity index (χ0n) is 12.8. The van der Waals surface area contributed by atoms with E-state index >= 15 is 0 Å². The Morgan fingerprint density at radius 1 is 1.17 bits per heavy atom. The molecule has 0 bridgehead atoms. The third kappa shape index (κ3) is 3.24. The molecular weight excluding hydrogens is 313 g/mol. The predicted octanol–water partition coefficient (Wildman–Crippen LogP) is 3.53. The molecule has 0 aliphatic carbocycles. The van der Waals surface area contributed by atoms with Crippen LogP contribution in [0, 0.1) is 5.82 Å². The Kier molecular flexibility index (Phi) is 4.51. The summed E-state index contributed by atoms with van der Waals surface area (Å²) in [4.78, 5) is 12.5. The number of hydrogen-bond donors (Lipinski definition) is 1. The molecule has 3 rings (SSSR count). The Balaban J connectivity index is 1.86. The second kappa shape index (κ2) is 6.91. The number of hydrogen-bond acceptors (Lipinski definition) is 5. The number of nitrogens with zero attached hydrogens (tertiary/aromatic N) is 2. The van der Waals surface area contributed by atoms with E-state index in [9.17, 15) is 9.18 Å². The molecule has 1 heterocycles. The molecule has 6 nitrogen and oxygen atoms in total. The Morgan fingerprint density at radius 3 is 2.67 bits per heavy atom. The molecule has 7 heteroatoms. The van der Waals surface area contributed by atoms with Crippen LogP contribution in [0.5, 0.6) is 5.75 Å². The van der Waals surface area contributed by atoms with Crippen molar-refractivity contribution in [1.29, 1.82) is 0 Å². The number of ether oxygens (including phenoxy) is 1. The van der Waals surface area contributed by atoms with Crippen LogP contribution in [0.1, 0.15) is 17.3 Å². The second-order valence-corrected chi connectivity index (χ2v) is 4.85. The van der Waals surface area contributed by atoms with Crippen molar-refractivity contribution < 1.29 is 18.6 Å². The zero-order valence-corrected chi connectivity index (χ0v) is 12.8. The highest BCUT2D eigenvalue weighted by Gasteiger charge is 2.18. The number of para-hydroxylation sites is 1. The number of carbonyl (C=O) groups is 1. The molecule has 122 valence electrons. The number of benzene rings is 2. The van der Waals surface area contributed by atoms with E-state index in [2.05, 4.69) is 15.6 Å². The third-order valence-electron chi connectivity index (χ3n) is 3.27. The van der Waals surface area contributed by atoms with Gasteiger partial charge in [-0.25, -0.2) is 9.02 Å². The molecule has 2 aromatic carbocycles. The SMILES string of the molecule is CCOc1ccccc1C(=O)Nc1nonc1-c1ccc(F)cc1. The van der Waals surface area contributed by atoms with Crippen molar-refractivity contribution in [3.8, 4) is 17.0 Å². The van der Waals surface area contributed by atoms with Crippen molar-refractivity contribution in [1.82, 2.24) is 10.3 Å². The third-order valence-corrected chi connectivity index (χ3v) is 3.27. The van der Waals surface area contributed by atoms with Crippen LogP contribution >= 0.6 is 0 Å². The van der Waals surface area contributed by atoms with Crippen LogP contribution in [0.4, 0.5) is 10.2 Å². The lowest BCUT2D eigenvalue weighted by Crippen LogP contribution is -2.14. The Morgan fingerprint density at radius 2 is 1.92 bits per heavy atom. The average Bonchev–Trinajstić information content (AvgIpc) is 3.04. The van der Waals surface area contributed by atoms with Crippen molar-refractivity contribution in [3.63, 3.8) is 0 Å². The van der Waals surface area contributed by atoms with Gasteiger partial charge >= 0.3 is 0 Å². The van der Waals surface area contributed by atoms with Gasteiger partial charge in [0.25, 0.3) is 5.91 Å². The smallest absolute Gasteiger partial charge is 0.260 e. The van der Waals surface area contributed by atoms with Crippen molar-refractivity contribution in [2.75, 3.05) is 11.9 Å². The lowest BCUT2D eigenvalue weighted by molar-refractivity contribution is 0.102. The summed E-state index contributed by atoms with van der Waals surface area (Å²) in [5.74, 6) is -0.153.